The molecule has 1 aliphatic carbocycles. The maximum atomic E-state index is 11.7. The zero-order valence-corrected chi connectivity index (χ0v) is 13.1. The number of carbonyl (C=O) groups is 1. The van der Waals surface area contributed by atoms with Gasteiger partial charge in [-0.2, -0.15) is 0 Å². The van der Waals surface area contributed by atoms with Crippen molar-refractivity contribution < 1.29 is 9.53 Å². The number of terminal acetylenes is 1. The summed E-state index contributed by atoms with van der Waals surface area (Å²) in [4.78, 5) is 14.1. The first kappa shape index (κ1) is 15.4. The van der Waals surface area contributed by atoms with Crippen molar-refractivity contribution >= 4 is 5.97 Å². The van der Waals surface area contributed by atoms with Crippen molar-refractivity contribution in [1.82, 2.24) is 4.90 Å². The maximum absolute atomic E-state index is 11.7. The van der Waals surface area contributed by atoms with Crippen LogP contribution in [0.5, 0.6) is 0 Å². The summed E-state index contributed by atoms with van der Waals surface area (Å²) >= 11 is 0. The van der Waals surface area contributed by atoms with Gasteiger partial charge in [-0.15, -0.1) is 12.3 Å². The fraction of sp³-hybridized carbons (Fsp3) is 0.824. The fourth-order valence-electron chi connectivity index (χ4n) is 3.40. The molecule has 20 heavy (non-hydrogen) atoms. The van der Waals surface area contributed by atoms with Crippen LogP contribution in [-0.2, 0) is 9.53 Å². The van der Waals surface area contributed by atoms with E-state index in [1.54, 1.807) is 0 Å². The number of hydrogen-bond donors (Lipinski definition) is 0. The van der Waals surface area contributed by atoms with Crippen molar-refractivity contribution in [3.05, 3.63) is 0 Å². The molecule has 0 atom stereocenters. The molecule has 1 heterocycles. The Balaban J connectivity index is 1.66. The molecule has 0 unspecified atom stereocenters. The van der Waals surface area contributed by atoms with Crippen LogP contribution in [0.1, 0.15) is 52.9 Å². The topological polar surface area (TPSA) is 29.5 Å². The Kier molecular flexibility index (Phi) is 4.44. The minimum Gasteiger partial charge on any atom is -0.460 e. The van der Waals surface area contributed by atoms with Gasteiger partial charge in [-0.25, -0.2) is 0 Å². The van der Waals surface area contributed by atoms with Crippen LogP contribution >= 0.6 is 0 Å². The lowest BCUT2D eigenvalue weighted by Gasteiger charge is -2.51. The second kappa shape index (κ2) is 5.77. The molecule has 1 saturated carbocycles. The Bertz CT molecular complexity index is 386. The van der Waals surface area contributed by atoms with E-state index in [9.17, 15) is 4.79 Å². The van der Waals surface area contributed by atoms with Crippen molar-refractivity contribution in [2.24, 2.45) is 11.3 Å². The Labute approximate surface area is 123 Å². The van der Waals surface area contributed by atoms with E-state index in [4.69, 9.17) is 11.2 Å². The molecule has 3 nitrogen and oxygen atoms in total. The Hall–Kier alpha value is -1.01. The van der Waals surface area contributed by atoms with Crippen LogP contribution in [0.2, 0.25) is 0 Å². The van der Waals surface area contributed by atoms with Gasteiger partial charge in [-0.05, 0) is 65.0 Å². The van der Waals surface area contributed by atoms with Crippen LogP contribution in [-0.4, -0.2) is 36.1 Å². The minimum absolute atomic E-state index is 0.0890. The lowest BCUT2D eigenvalue weighted by atomic mass is 9.58. The highest BCUT2D eigenvalue weighted by Gasteiger charge is 2.44. The van der Waals surface area contributed by atoms with E-state index in [1.807, 2.05) is 20.8 Å². The predicted octanol–water partition coefficient (Wildman–Crippen LogP) is 2.84. The molecule has 1 spiro atoms. The van der Waals surface area contributed by atoms with E-state index in [2.05, 4.69) is 10.8 Å². The molecule has 112 valence electrons. The summed E-state index contributed by atoms with van der Waals surface area (Å²) in [7, 11) is 0. The summed E-state index contributed by atoms with van der Waals surface area (Å²) in [6.45, 7) is 8.75. The molecule has 0 bridgehead atoms. The second-order valence-electron chi connectivity index (χ2n) is 7.45. The smallest absolute Gasteiger partial charge is 0.307 e. The van der Waals surface area contributed by atoms with Crippen molar-refractivity contribution in [1.29, 1.82) is 0 Å². The standard InChI is InChI=1S/C17H27NO2/c1-5-14-12-17(13-14)7-10-18(11-8-17)9-6-15(19)20-16(2,3)4/h1,14H,6-13H2,2-4H3. The van der Waals surface area contributed by atoms with Gasteiger partial charge in [0.05, 0.1) is 6.42 Å². The number of ether oxygens (including phenoxy) is 1. The van der Waals surface area contributed by atoms with Crippen LogP contribution in [0.25, 0.3) is 0 Å². The third-order valence-corrected chi connectivity index (χ3v) is 4.56. The van der Waals surface area contributed by atoms with Gasteiger partial charge in [0.2, 0.25) is 0 Å². The molecule has 0 radical (unpaired) electrons. The quantitative estimate of drug-likeness (QED) is 0.587. The summed E-state index contributed by atoms with van der Waals surface area (Å²) in [5.41, 5.74) is 0.151. The summed E-state index contributed by atoms with van der Waals surface area (Å²) in [6.07, 6.45) is 10.9. The van der Waals surface area contributed by atoms with Gasteiger partial charge in [0.25, 0.3) is 0 Å². The predicted molar refractivity (Wildman–Crippen MR) is 80.1 cm³/mol. The summed E-state index contributed by atoms with van der Waals surface area (Å²) < 4.78 is 5.34. The van der Waals surface area contributed by atoms with Crippen molar-refractivity contribution in [3.63, 3.8) is 0 Å². The number of piperidine rings is 1. The maximum Gasteiger partial charge on any atom is 0.307 e. The molecule has 0 aromatic carbocycles. The molecule has 2 rings (SSSR count). The molecular weight excluding hydrogens is 250 g/mol. The van der Waals surface area contributed by atoms with Crippen LogP contribution < -0.4 is 0 Å². The van der Waals surface area contributed by atoms with Gasteiger partial charge < -0.3 is 9.64 Å². The largest absolute Gasteiger partial charge is 0.460 e. The highest BCUT2D eigenvalue weighted by molar-refractivity contribution is 5.70. The molecule has 0 amide bonds. The van der Waals surface area contributed by atoms with Crippen molar-refractivity contribution in [2.45, 2.75) is 58.5 Å². The van der Waals surface area contributed by atoms with E-state index in [-0.39, 0.29) is 11.6 Å². The zero-order chi connectivity index (χ0) is 14.8. The lowest BCUT2D eigenvalue weighted by molar-refractivity contribution is -0.155. The van der Waals surface area contributed by atoms with Gasteiger partial charge in [-0.3, -0.25) is 4.79 Å². The van der Waals surface area contributed by atoms with Crippen molar-refractivity contribution in [2.75, 3.05) is 19.6 Å². The van der Waals surface area contributed by atoms with Gasteiger partial charge in [-0.1, -0.05) is 0 Å². The molecular formula is C17H27NO2. The number of rotatable bonds is 3. The first-order valence-electron chi connectivity index (χ1n) is 7.72. The number of esters is 1. The van der Waals surface area contributed by atoms with E-state index < -0.39 is 0 Å². The van der Waals surface area contributed by atoms with Gasteiger partial charge in [0.1, 0.15) is 5.60 Å². The third kappa shape index (κ3) is 3.99. The third-order valence-electron chi connectivity index (χ3n) is 4.56. The van der Waals surface area contributed by atoms with Crippen molar-refractivity contribution in [3.8, 4) is 12.3 Å². The van der Waals surface area contributed by atoms with Crippen LogP contribution in [0.3, 0.4) is 0 Å². The molecule has 1 aliphatic heterocycles. The average Bonchev–Trinajstić information content (AvgIpc) is 2.32. The summed E-state index contributed by atoms with van der Waals surface area (Å²) in [5.74, 6) is 3.30. The Morgan fingerprint density at radius 1 is 1.35 bits per heavy atom. The summed E-state index contributed by atoms with van der Waals surface area (Å²) in [6, 6.07) is 0. The second-order valence-corrected chi connectivity index (χ2v) is 7.45. The molecule has 0 aromatic heterocycles. The Morgan fingerprint density at radius 2 is 1.95 bits per heavy atom. The van der Waals surface area contributed by atoms with Crippen LogP contribution in [0.4, 0.5) is 0 Å². The molecule has 3 heteroatoms. The molecule has 0 aromatic rings. The van der Waals surface area contributed by atoms with Gasteiger partial charge >= 0.3 is 5.97 Å². The van der Waals surface area contributed by atoms with Crippen LogP contribution in [0, 0.1) is 23.7 Å². The number of likely N-dealkylation sites (tertiary alicyclic amines) is 1. The SMILES string of the molecule is C#CC1CC2(CCN(CCC(=O)OC(C)(C)C)CC2)C1. The van der Waals surface area contributed by atoms with Gasteiger partial charge in [0.15, 0.2) is 0 Å². The minimum atomic E-state index is -0.376. The van der Waals surface area contributed by atoms with E-state index in [0.717, 1.165) is 19.6 Å². The number of hydrogen-bond acceptors (Lipinski definition) is 3. The zero-order valence-electron chi connectivity index (χ0n) is 13.1. The average molecular weight is 277 g/mol. The normalized spacial score (nSPS) is 23.1. The number of carbonyl (C=O) groups excluding carboxylic acids is 1. The molecule has 2 aliphatic rings. The first-order valence-corrected chi connectivity index (χ1v) is 7.72. The van der Waals surface area contributed by atoms with Crippen LogP contribution in [0.15, 0.2) is 0 Å². The highest BCUT2D eigenvalue weighted by Crippen LogP contribution is 2.52. The van der Waals surface area contributed by atoms with E-state index in [1.165, 1.54) is 25.7 Å². The monoisotopic (exact) mass is 277 g/mol. The van der Waals surface area contributed by atoms with E-state index in [0.29, 0.717) is 17.8 Å². The molecule has 1 saturated heterocycles. The Morgan fingerprint density at radius 3 is 2.45 bits per heavy atom. The first-order chi connectivity index (χ1) is 9.32. The summed E-state index contributed by atoms with van der Waals surface area (Å²) in [5, 5.41) is 0. The molecule has 2 fully saturated rings. The fourth-order valence-corrected chi connectivity index (χ4v) is 3.40. The van der Waals surface area contributed by atoms with E-state index >= 15 is 0 Å². The van der Waals surface area contributed by atoms with Gasteiger partial charge in [0, 0.05) is 12.5 Å². The lowest BCUT2D eigenvalue weighted by Crippen LogP contribution is -2.47. The number of nitrogens with zero attached hydrogens (tertiary/aromatic N) is 1. The highest BCUT2D eigenvalue weighted by atomic mass is 16.6. The molecule has 0 N–H and O–H groups in total.